The zero-order valence-corrected chi connectivity index (χ0v) is 18.0. The molecule has 0 aromatic heterocycles. The summed E-state index contributed by atoms with van der Waals surface area (Å²) >= 11 is 1.13. The largest absolute Gasteiger partial charge is 0.324 e. The van der Waals surface area contributed by atoms with Gasteiger partial charge in [-0.15, -0.1) is 0 Å². The van der Waals surface area contributed by atoms with Gasteiger partial charge in [-0.1, -0.05) is 42.1 Å². The average molecular weight is 469 g/mol. The minimum absolute atomic E-state index is 0.155. The third-order valence-electron chi connectivity index (χ3n) is 4.83. The Morgan fingerprint density at radius 2 is 1.67 bits per heavy atom. The second-order valence-corrected chi connectivity index (χ2v) is 8.43. The van der Waals surface area contributed by atoms with Crippen LogP contribution in [0, 0.1) is 17.5 Å². The van der Waals surface area contributed by atoms with Gasteiger partial charge in [0, 0.05) is 12.5 Å². The maximum Gasteiger partial charge on any atom is 0.242 e. The molecular formula is C24H18F3N3O2S. The summed E-state index contributed by atoms with van der Waals surface area (Å²) in [5, 5.41) is 2.00. The Kier molecular flexibility index (Phi) is 6.79. The molecule has 0 bridgehead atoms. The summed E-state index contributed by atoms with van der Waals surface area (Å²) in [7, 11) is 0. The molecule has 0 aliphatic carbocycles. The Bertz CT molecular complexity index is 1200. The van der Waals surface area contributed by atoms with E-state index < -0.39 is 22.8 Å². The lowest BCUT2D eigenvalue weighted by Crippen LogP contribution is -2.33. The standard InChI is InChI=1S/C24H18F3N3O2S/c25-16-8-6-15(7-9-16)14-30-23(32)21(33-24(30)28-18-4-2-1-3-5-18)13-22(31)29-20-11-10-17(26)12-19(20)27/h1-12,21H,13-14H2,(H,29,31). The van der Waals surface area contributed by atoms with E-state index in [4.69, 9.17) is 0 Å². The molecular weight excluding hydrogens is 451 g/mol. The first kappa shape index (κ1) is 22.6. The third kappa shape index (κ3) is 5.61. The molecule has 1 saturated heterocycles. The molecule has 1 unspecified atom stereocenters. The molecule has 33 heavy (non-hydrogen) atoms. The van der Waals surface area contributed by atoms with Gasteiger partial charge in [0.05, 0.1) is 17.9 Å². The van der Waals surface area contributed by atoms with Crippen LogP contribution in [0.2, 0.25) is 0 Å². The van der Waals surface area contributed by atoms with E-state index in [-0.39, 0.29) is 30.4 Å². The van der Waals surface area contributed by atoms with Gasteiger partial charge < -0.3 is 5.32 Å². The molecule has 0 saturated carbocycles. The molecule has 2 amide bonds. The van der Waals surface area contributed by atoms with Crippen molar-refractivity contribution in [1.29, 1.82) is 0 Å². The first-order valence-electron chi connectivity index (χ1n) is 10.00. The van der Waals surface area contributed by atoms with E-state index in [1.54, 1.807) is 24.3 Å². The summed E-state index contributed by atoms with van der Waals surface area (Å²) in [6.45, 7) is 0.155. The lowest BCUT2D eigenvalue weighted by Gasteiger charge is -2.16. The van der Waals surface area contributed by atoms with E-state index in [2.05, 4.69) is 10.3 Å². The second kappa shape index (κ2) is 9.91. The van der Waals surface area contributed by atoms with Crippen molar-refractivity contribution in [2.24, 2.45) is 4.99 Å². The molecule has 3 aromatic rings. The number of aliphatic imine (C=N–C) groups is 1. The number of thioether (sulfide) groups is 1. The van der Waals surface area contributed by atoms with E-state index in [0.717, 1.165) is 23.9 Å². The number of amides is 2. The van der Waals surface area contributed by atoms with E-state index in [1.807, 2.05) is 18.2 Å². The first-order chi connectivity index (χ1) is 15.9. The number of hydrogen-bond acceptors (Lipinski definition) is 4. The molecule has 5 nitrogen and oxygen atoms in total. The number of nitrogens with zero attached hydrogens (tertiary/aromatic N) is 2. The number of halogens is 3. The molecule has 9 heteroatoms. The number of hydrogen-bond donors (Lipinski definition) is 1. The van der Waals surface area contributed by atoms with Gasteiger partial charge in [0.1, 0.15) is 22.7 Å². The molecule has 0 spiro atoms. The predicted molar refractivity (Wildman–Crippen MR) is 121 cm³/mol. The summed E-state index contributed by atoms with van der Waals surface area (Å²) in [6.07, 6.45) is -0.228. The normalized spacial score (nSPS) is 16.9. The van der Waals surface area contributed by atoms with Crippen molar-refractivity contribution >= 4 is 40.1 Å². The number of nitrogens with one attached hydrogen (secondary N) is 1. The van der Waals surface area contributed by atoms with Gasteiger partial charge in [-0.2, -0.15) is 0 Å². The maximum atomic E-state index is 13.9. The smallest absolute Gasteiger partial charge is 0.242 e. The first-order valence-corrected chi connectivity index (χ1v) is 10.9. The highest BCUT2D eigenvalue weighted by Crippen LogP contribution is 2.33. The van der Waals surface area contributed by atoms with Crippen LogP contribution in [0.3, 0.4) is 0 Å². The number of benzene rings is 3. The van der Waals surface area contributed by atoms with Crippen molar-refractivity contribution in [2.45, 2.75) is 18.2 Å². The quantitative estimate of drug-likeness (QED) is 0.536. The Morgan fingerprint density at radius 3 is 2.36 bits per heavy atom. The second-order valence-electron chi connectivity index (χ2n) is 7.26. The lowest BCUT2D eigenvalue weighted by molar-refractivity contribution is -0.128. The summed E-state index contributed by atoms with van der Waals surface area (Å²) in [4.78, 5) is 31.6. The summed E-state index contributed by atoms with van der Waals surface area (Å²) in [5.74, 6) is -2.98. The molecule has 1 N–H and O–H groups in total. The molecule has 3 aromatic carbocycles. The Balaban J connectivity index is 1.53. The summed E-state index contributed by atoms with van der Waals surface area (Å²) in [5.41, 5.74) is 1.16. The van der Waals surface area contributed by atoms with Crippen LogP contribution in [-0.4, -0.2) is 27.1 Å². The minimum Gasteiger partial charge on any atom is -0.324 e. The number of amidine groups is 1. The highest BCUT2D eigenvalue weighted by Gasteiger charge is 2.39. The highest BCUT2D eigenvalue weighted by molar-refractivity contribution is 8.15. The topological polar surface area (TPSA) is 61.8 Å². The van der Waals surface area contributed by atoms with Crippen LogP contribution in [0.4, 0.5) is 24.5 Å². The maximum absolute atomic E-state index is 13.9. The zero-order valence-electron chi connectivity index (χ0n) is 17.2. The van der Waals surface area contributed by atoms with Crippen molar-refractivity contribution in [3.8, 4) is 0 Å². The number of rotatable bonds is 6. The molecule has 1 aliphatic heterocycles. The molecule has 1 aliphatic rings. The fourth-order valence-corrected chi connectivity index (χ4v) is 4.37. The van der Waals surface area contributed by atoms with Gasteiger partial charge in [0.2, 0.25) is 11.8 Å². The average Bonchev–Trinajstić information content (AvgIpc) is 3.06. The van der Waals surface area contributed by atoms with Crippen molar-refractivity contribution in [2.75, 3.05) is 5.32 Å². The highest BCUT2D eigenvalue weighted by atomic mass is 32.2. The third-order valence-corrected chi connectivity index (χ3v) is 6.01. The van der Waals surface area contributed by atoms with E-state index in [9.17, 15) is 22.8 Å². The van der Waals surface area contributed by atoms with E-state index in [0.29, 0.717) is 22.5 Å². The molecule has 168 valence electrons. The molecule has 1 fully saturated rings. The number of carbonyl (C=O) groups excluding carboxylic acids is 2. The number of carbonyl (C=O) groups is 2. The van der Waals surface area contributed by atoms with Gasteiger partial charge in [0.15, 0.2) is 5.17 Å². The Hall–Kier alpha value is -3.59. The van der Waals surface area contributed by atoms with Crippen LogP contribution < -0.4 is 5.32 Å². The number of para-hydroxylation sites is 1. The van der Waals surface area contributed by atoms with Crippen LogP contribution in [0.25, 0.3) is 0 Å². The van der Waals surface area contributed by atoms with Crippen LogP contribution in [-0.2, 0) is 16.1 Å². The lowest BCUT2D eigenvalue weighted by atomic mass is 10.2. The molecule has 1 heterocycles. The van der Waals surface area contributed by atoms with Crippen LogP contribution in [0.15, 0.2) is 77.8 Å². The van der Waals surface area contributed by atoms with E-state index in [1.165, 1.54) is 17.0 Å². The fraction of sp³-hybridized carbons (Fsp3) is 0.125. The van der Waals surface area contributed by atoms with Gasteiger partial charge in [0.25, 0.3) is 0 Å². The van der Waals surface area contributed by atoms with E-state index >= 15 is 0 Å². The summed E-state index contributed by atoms with van der Waals surface area (Å²) < 4.78 is 40.2. The molecule has 0 radical (unpaired) electrons. The van der Waals surface area contributed by atoms with Crippen LogP contribution in [0.1, 0.15) is 12.0 Å². The van der Waals surface area contributed by atoms with Gasteiger partial charge in [-0.05, 0) is 42.0 Å². The van der Waals surface area contributed by atoms with Gasteiger partial charge in [-0.25, -0.2) is 18.2 Å². The number of anilines is 1. The van der Waals surface area contributed by atoms with Crippen LogP contribution in [0.5, 0.6) is 0 Å². The monoisotopic (exact) mass is 469 g/mol. The SMILES string of the molecule is O=C(CC1SC(=Nc2ccccc2)N(Cc2ccc(F)cc2)C1=O)Nc1ccc(F)cc1F. The van der Waals surface area contributed by atoms with Crippen molar-refractivity contribution in [1.82, 2.24) is 4.90 Å². The minimum atomic E-state index is -0.905. The van der Waals surface area contributed by atoms with Crippen molar-refractivity contribution < 1.29 is 22.8 Å². The zero-order chi connectivity index (χ0) is 23.4. The molecule has 1 atom stereocenters. The Morgan fingerprint density at radius 1 is 0.970 bits per heavy atom. The molecule has 4 rings (SSSR count). The fourth-order valence-electron chi connectivity index (χ4n) is 3.22. The van der Waals surface area contributed by atoms with Crippen LogP contribution >= 0.6 is 11.8 Å². The predicted octanol–water partition coefficient (Wildman–Crippen LogP) is 5.26. The van der Waals surface area contributed by atoms with Crippen molar-refractivity contribution in [3.63, 3.8) is 0 Å². The van der Waals surface area contributed by atoms with Gasteiger partial charge >= 0.3 is 0 Å². The summed E-state index contributed by atoms with van der Waals surface area (Å²) in [6, 6.07) is 17.6. The van der Waals surface area contributed by atoms with Crippen molar-refractivity contribution in [3.05, 3.63) is 95.8 Å². The Labute approximate surface area is 192 Å². The van der Waals surface area contributed by atoms with Gasteiger partial charge in [-0.3, -0.25) is 14.5 Å².